The maximum atomic E-state index is 11.6. The average Bonchev–Trinajstić information content (AvgIpc) is 2.28. The number of carboxylic acid groups (broad SMARTS) is 1. The van der Waals surface area contributed by atoms with E-state index in [9.17, 15) is 9.59 Å². The summed E-state index contributed by atoms with van der Waals surface area (Å²) in [7, 11) is 0. The van der Waals surface area contributed by atoms with Gasteiger partial charge in [0.25, 0.3) is 0 Å². The third-order valence-corrected chi connectivity index (χ3v) is 2.46. The predicted octanol–water partition coefficient (Wildman–Crippen LogP) is 1.06. The Labute approximate surface area is 99.6 Å². The van der Waals surface area contributed by atoms with Gasteiger partial charge in [0.1, 0.15) is 6.04 Å². The molecule has 1 aromatic rings. The minimum absolute atomic E-state index is 0.0857. The van der Waals surface area contributed by atoms with Crippen molar-refractivity contribution in [3.63, 3.8) is 0 Å². The zero-order valence-electron chi connectivity index (χ0n) is 9.59. The number of carbonyl (C=O) groups excluding carboxylic acids is 1. The van der Waals surface area contributed by atoms with Crippen LogP contribution in [0.4, 0.5) is 5.69 Å². The van der Waals surface area contributed by atoms with E-state index in [0.717, 1.165) is 0 Å². The second-order valence-electron chi connectivity index (χ2n) is 3.96. The fraction of sp³-hybridized carbons (Fsp3) is 0.333. The van der Waals surface area contributed by atoms with Crippen LogP contribution >= 0.6 is 0 Å². The van der Waals surface area contributed by atoms with Crippen LogP contribution < -0.4 is 11.1 Å². The molecule has 0 aliphatic carbocycles. The molecule has 0 saturated carbocycles. The Morgan fingerprint density at radius 1 is 1.35 bits per heavy atom. The fourth-order valence-electron chi connectivity index (χ4n) is 1.40. The van der Waals surface area contributed by atoms with Crippen LogP contribution in [0.5, 0.6) is 0 Å². The van der Waals surface area contributed by atoms with E-state index in [4.69, 9.17) is 10.8 Å². The van der Waals surface area contributed by atoms with Gasteiger partial charge in [-0.15, -0.1) is 0 Å². The summed E-state index contributed by atoms with van der Waals surface area (Å²) in [5, 5.41) is 11.4. The molecule has 17 heavy (non-hydrogen) atoms. The van der Waals surface area contributed by atoms with Crippen LogP contribution in [-0.2, 0) is 9.59 Å². The van der Waals surface area contributed by atoms with Crippen LogP contribution in [0.25, 0.3) is 0 Å². The summed E-state index contributed by atoms with van der Waals surface area (Å²) in [6.45, 7) is 1.64. The van der Waals surface area contributed by atoms with Gasteiger partial charge in [0.15, 0.2) is 0 Å². The molecule has 4 N–H and O–H groups in total. The predicted molar refractivity (Wildman–Crippen MR) is 64.5 cm³/mol. The molecule has 0 heterocycles. The number of aliphatic carboxylic acids is 1. The number of nitrogens with one attached hydrogen (secondary N) is 1. The molecule has 0 aromatic heterocycles. The van der Waals surface area contributed by atoms with E-state index in [2.05, 4.69) is 5.32 Å². The number of hydrogen-bond acceptors (Lipinski definition) is 3. The Kier molecular flexibility index (Phi) is 4.66. The highest BCUT2D eigenvalue weighted by molar-refractivity contribution is 5.91. The standard InChI is InChI=1S/C12H16N2O3/c1-8(11(13)12(16)17)7-10(15)14-9-5-3-2-4-6-9/h2-6,8,11H,7,13H2,1H3,(H,14,15)(H,16,17)/t8?,11-/m0/s1. The molecular weight excluding hydrogens is 220 g/mol. The van der Waals surface area contributed by atoms with Crippen LogP contribution in [0.2, 0.25) is 0 Å². The number of amides is 1. The van der Waals surface area contributed by atoms with Crippen molar-refractivity contribution in [1.29, 1.82) is 0 Å². The molecule has 1 rings (SSSR count). The first-order valence-corrected chi connectivity index (χ1v) is 5.34. The zero-order valence-corrected chi connectivity index (χ0v) is 9.59. The normalized spacial score (nSPS) is 13.8. The number of benzene rings is 1. The summed E-state index contributed by atoms with van der Waals surface area (Å²) in [4.78, 5) is 22.2. The van der Waals surface area contributed by atoms with E-state index in [1.54, 1.807) is 19.1 Å². The molecule has 0 fully saturated rings. The highest BCUT2D eigenvalue weighted by Crippen LogP contribution is 2.10. The van der Waals surface area contributed by atoms with Gasteiger partial charge in [0.05, 0.1) is 0 Å². The number of anilines is 1. The molecule has 0 bridgehead atoms. The maximum Gasteiger partial charge on any atom is 0.320 e. The van der Waals surface area contributed by atoms with Gasteiger partial charge in [-0.05, 0) is 18.1 Å². The molecule has 5 heteroatoms. The molecule has 1 aromatic carbocycles. The second-order valence-corrected chi connectivity index (χ2v) is 3.96. The number of carbonyl (C=O) groups is 2. The van der Waals surface area contributed by atoms with E-state index < -0.39 is 17.9 Å². The monoisotopic (exact) mass is 236 g/mol. The first kappa shape index (κ1) is 13.2. The molecular formula is C12H16N2O3. The quantitative estimate of drug-likeness (QED) is 0.712. The maximum absolute atomic E-state index is 11.6. The van der Waals surface area contributed by atoms with E-state index in [0.29, 0.717) is 5.69 Å². The Hall–Kier alpha value is -1.88. The van der Waals surface area contributed by atoms with E-state index in [-0.39, 0.29) is 12.3 Å². The van der Waals surface area contributed by atoms with Crippen molar-refractivity contribution in [2.45, 2.75) is 19.4 Å². The summed E-state index contributed by atoms with van der Waals surface area (Å²) < 4.78 is 0. The zero-order chi connectivity index (χ0) is 12.8. The molecule has 0 aliphatic rings. The molecule has 1 amide bonds. The third-order valence-electron chi connectivity index (χ3n) is 2.46. The number of para-hydroxylation sites is 1. The van der Waals surface area contributed by atoms with E-state index in [1.807, 2.05) is 18.2 Å². The molecule has 92 valence electrons. The van der Waals surface area contributed by atoms with E-state index >= 15 is 0 Å². The van der Waals surface area contributed by atoms with Crippen LogP contribution in [0, 0.1) is 5.92 Å². The van der Waals surface area contributed by atoms with Crippen molar-refractivity contribution in [2.75, 3.05) is 5.32 Å². The SMILES string of the molecule is CC(CC(=O)Nc1ccccc1)[C@H](N)C(=O)O. The van der Waals surface area contributed by atoms with Gasteiger partial charge >= 0.3 is 5.97 Å². The van der Waals surface area contributed by atoms with Gasteiger partial charge in [0.2, 0.25) is 5.91 Å². The molecule has 1 unspecified atom stereocenters. The first-order chi connectivity index (χ1) is 8.00. The summed E-state index contributed by atoms with van der Waals surface area (Å²) >= 11 is 0. The molecule has 2 atom stereocenters. The minimum Gasteiger partial charge on any atom is -0.480 e. The second kappa shape index (κ2) is 6.00. The van der Waals surface area contributed by atoms with Crippen LogP contribution in [0.15, 0.2) is 30.3 Å². The lowest BCUT2D eigenvalue weighted by Gasteiger charge is -2.15. The van der Waals surface area contributed by atoms with Gasteiger partial charge in [-0.1, -0.05) is 25.1 Å². The lowest BCUT2D eigenvalue weighted by atomic mass is 9.99. The molecule has 0 aliphatic heterocycles. The summed E-state index contributed by atoms with van der Waals surface area (Å²) in [5.74, 6) is -1.73. The number of carboxylic acids is 1. The highest BCUT2D eigenvalue weighted by Gasteiger charge is 2.22. The molecule has 5 nitrogen and oxygen atoms in total. The average molecular weight is 236 g/mol. The molecule has 0 radical (unpaired) electrons. The Morgan fingerprint density at radius 2 is 1.94 bits per heavy atom. The number of hydrogen-bond donors (Lipinski definition) is 3. The van der Waals surface area contributed by atoms with Gasteiger partial charge in [-0.2, -0.15) is 0 Å². The summed E-state index contributed by atoms with van der Waals surface area (Å²) in [6, 6.07) is 7.97. The van der Waals surface area contributed by atoms with Crippen LogP contribution in [-0.4, -0.2) is 23.0 Å². The lowest BCUT2D eigenvalue weighted by molar-refractivity contribution is -0.139. The van der Waals surface area contributed by atoms with Crippen molar-refractivity contribution in [3.05, 3.63) is 30.3 Å². The van der Waals surface area contributed by atoms with E-state index in [1.165, 1.54) is 0 Å². The number of rotatable bonds is 5. The van der Waals surface area contributed by atoms with Crippen LogP contribution in [0.3, 0.4) is 0 Å². The first-order valence-electron chi connectivity index (χ1n) is 5.34. The largest absolute Gasteiger partial charge is 0.480 e. The number of nitrogens with two attached hydrogens (primary N) is 1. The lowest BCUT2D eigenvalue weighted by Crippen LogP contribution is -2.38. The van der Waals surface area contributed by atoms with Gasteiger partial charge in [-0.3, -0.25) is 9.59 Å². The van der Waals surface area contributed by atoms with Crippen molar-refractivity contribution >= 4 is 17.6 Å². The highest BCUT2D eigenvalue weighted by atomic mass is 16.4. The van der Waals surface area contributed by atoms with Crippen LogP contribution in [0.1, 0.15) is 13.3 Å². The topological polar surface area (TPSA) is 92.4 Å². The Morgan fingerprint density at radius 3 is 2.47 bits per heavy atom. The minimum atomic E-state index is -1.09. The van der Waals surface area contributed by atoms with Gasteiger partial charge < -0.3 is 16.2 Å². The van der Waals surface area contributed by atoms with Crippen molar-refractivity contribution in [3.8, 4) is 0 Å². The van der Waals surface area contributed by atoms with Gasteiger partial charge in [0, 0.05) is 12.1 Å². The Bertz CT molecular complexity index is 392. The summed E-state index contributed by atoms with van der Waals surface area (Å²) in [5.41, 5.74) is 6.11. The van der Waals surface area contributed by atoms with Crippen molar-refractivity contribution < 1.29 is 14.7 Å². The van der Waals surface area contributed by atoms with Crippen molar-refractivity contribution in [1.82, 2.24) is 0 Å². The van der Waals surface area contributed by atoms with Gasteiger partial charge in [-0.25, -0.2) is 0 Å². The Balaban J connectivity index is 2.48. The van der Waals surface area contributed by atoms with Crippen molar-refractivity contribution in [2.24, 2.45) is 11.7 Å². The molecule has 0 saturated heterocycles. The summed E-state index contributed by atoms with van der Waals surface area (Å²) in [6.07, 6.45) is 0.0857. The fourth-order valence-corrected chi connectivity index (χ4v) is 1.40. The molecule has 0 spiro atoms. The third kappa shape index (κ3) is 4.24. The smallest absolute Gasteiger partial charge is 0.320 e.